The van der Waals surface area contributed by atoms with Crippen molar-refractivity contribution in [3.05, 3.63) is 0 Å². The summed E-state index contributed by atoms with van der Waals surface area (Å²) in [6.45, 7) is 2.78. The SMILES string of the molecule is CC(NC(=O)N1CCCC(CO)C1)(C(=O)O)C1CC1. The second-order valence-corrected chi connectivity index (χ2v) is 5.85. The minimum Gasteiger partial charge on any atom is -0.480 e. The Morgan fingerprint density at radius 1 is 1.37 bits per heavy atom. The highest BCUT2D eigenvalue weighted by Gasteiger charge is 2.49. The Kier molecular flexibility index (Phi) is 3.99. The molecule has 2 amide bonds. The van der Waals surface area contributed by atoms with Crippen LogP contribution in [0.15, 0.2) is 0 Å². The molecule has 0 radical (unpaired) electrons. The third-order valence-electron chi connectivity index (χ3n) is 4.27. The molecule has 6 heteroatoms. The van der Waals surface area contributed by atoms with E-state index < -0.39 is 11.5 Å². The van der Waals surface area contributed by atoms with Gasteiger partial charge in [0.1, 0.15) is 5.54 Å². The summed E-state index contributed by atoms with van der Waals surface area (Å²) in [6, 6.07) is -0.324. The number of likely N-dealkylation sites (tertiary alicyclic amines) is 1. The van der Waals surface area contributed by atoms with Crippen molar-refractivity contribution in [2.75, 3.05) is 19.7 Å². The predicted octanol–water partition coefficient (Wildman–Crippen LogP) is 0.654. The molecule has 1 saturated carbocycles. The molecule has 1 aliphatic heterocycles. The van der Waals surface area contributed by atoms with Crippen LogP contribution in [-0.2, 0) is 4.79 Å². The molecule has 2 aliphatic rings. The lowest BCUT2D eigenvalue weighted by Crippen LogP contribution is -2.58. The molecule has 0 spiro atoms. The number of hydrogen-bond donors (Lipinski definition) is 3. The summed E-state index contributed by atoms with van der Waals surface area (Å²) in [5, 5.41) is 21.1. The summed E-state index contributed by atoms with van der Waals surface area (Å²) in [7, 11) is 0. The van der Waals surface area contributed by atoms with Gasteiger partial charge in [-0.05, 0) is 44.4 Å². The molecule has 6 nitrogen and oxygen atoms in total. The summed E-state index contributed by atoms with van der Waals surface area (Å²) >= 11 is 0. The number of carbonyl (C=O) groups is 2. The second kappa shape index (κ2) is 5.36. The Morgan fingerprint density at radius 3 is 2.58 bits per heavy atom. The molecular weight excluding hydrogens is 248 g/mol. The van der Waals surface area contributed by atoms with Gasteiger partial charge in [0, 0.05) is 19.7 Å². The van der Waals surface area contributed by atoms with Crippen molar-refractivity contribution in [3.8, 4) is 0 Å². The number of aliphatic hydroxyl groups is 1. The van der Waals surface area contributed by atoms with Gasteiger partial charge in [0.25, 0.3) is 0 Å². The molecule has 0 aromatic heterocycles. The van der Waals surface area contributed by atoms with Crippen molar-refractivity contribution in [2.24, 2.45) is 11.8 Å². The van der Waals surface area contributed by atoms with Gasteiger partial charge in [0.2, 0.25) is 0 Å². The molecule has 0 bridgehead atoms. The lowest BCUT2D eigenvalue weighted by atomic mass is 9.95. The van der Waals surface area contributed by atoms with Crippen LogP contribution in [0.1, 0.15) is 32.6 Å². The number of aliphatic carboxylic acids is 1. The number of nitrogens with one attached hydrogen (secondary N) is 1. The van der Waals surface area contributed by atoms with Gasteiger partial charge >= 0.3 is 12.0 Å². The molecule has 19 heavy (non-hydrogen) atoms. The second-order valence-electron chi connectivity index (χ2n) is 5.85. The maximum atomic E-state index is 12.2. The van der Waals surface area contributed by atoms with Gasteiger partial charge < -0.3 is 20.4 Å². The fourth-order valence-corrected chi connectivity index (χ4v) is 2.69. The molecule has 3 N–H and O–H groups in total. The summed E-state index contributed by atoms with van der Waals surface area (Å²) in [4.78, 5) is 25.2. The van der Waals surface area contributed by atoms with E-state index in [-0.39, 0.29) is 24.5 Å². The van der Waals surface area contributed by atoms with Gasteiger partial charge in [-0.1, -0.05) is 0 Å². The summed E-state index contributed by atoms with van der Waals surface area (Å²) in [5.74, 6) is -0.831. The maximum absolute atomic E-state index is 12.2. The standard InChI is InChI=1S/C13H22N2O4/c1-13(11(17)18,10-4-5-10)14-12(19)15-6-2-3-9(7-15)8-16/h9-10,16H,2-8H2,1H3,(H,14,19)(H,17,18). The predicted molar refractivity (Wildman–Crippen MR) is 68.7 cm³/mol. The van der Waals surface area contributed by atoms with E-state index in [4.69, 9.17) is 5.11 Å². The van der Waals surface area contributed by atoms with Crippen LogP contribution in [0.2, 0.25) is 0 Å². The van der Waals surface area contributed by atoms with Crippen LogP contribution in [0.25, 0.3) is 0 Å². The number of piperidine rings is 1. The Hall–Kier alpha value is -1.30. The Bertz CT molecular complexity index is 370. The number of carbonyl (C=O) groups excluding carboxylic acids is 1. The Morgan fingerprint density at radius 2 is 2.05 bits per heavy atom. The van der Waals surface area contributed by atoms with Crippen LogP contribution >= 0.6 is 0 Å². The summed E-state index contributed by atoms with van der Waals surface area (Å²) < 4.78 is 0. The van der Waals surface area contributed by atoms with E-state index >= 15 is 0 Å². The zero-order valence-corrected chi connectivity index (χ0v) is 11.3. The first-order valence-corrected chi connectivity index (χ1v) is 6.88. The van der Waals surface area contributed by atoms with Crippen molar-refractivity contribution >= 4 is 12.0 Å². The Labute approximate surface area is 112 Å². The fourth-order valence-electron chi connectivity index (χ4n) is 2.69. The monoisotopic (exact) mass is 270 g/mol. The number of hydrogen-bond acceptors (Lipinski definition) is 3. The third kappa shape index (κ3) is 3.00. The average Bonchev–Trinajstić information content (AvgIpc) is 3.23. The summed E-state index contributed by atoms with van der Waals surface area (Å²) in [5.41, 5.74) is -1.16. The smallest absolute Gasteiger partial charge is 0.329 e. The highest BCUT2D eigenvalue weighted by molar-refractivity contribution is 5.86. The topological polar surface area (TPSA) is 89.9 Å². The van der Waals surface area contributed by atoms with E-state index in [0.717, 1.165) is 25.7 Å². The molecule has 1 heterocycles. The zero-order chi connectivity index (χ0) is 14.0. The van der Waals surface area contributed by atoms with E-state index in [1.165, 1.54) is 0 Å². The molecule has 2 fully saturated rings. The van der Waals surface area contributed by atoms with E-state index in [2.05, 4.69) is 5.32 Å². The molecule has 0 aromatic rings. The molecule has 2 unspecified atom stereocenters. The average molecular weight is 270 g/mol. The maximum Gasteiger partial charge on any atom is 0.329 e. The first kappa shape index (κ1) is 14.1. The van der Waals surface area contributed by atoms with Gasteiger partial charge in [0.15, 0.2) is 0 Å². The fraction of sp³-hybridized carbons (Fsp3) is 0.846. The van der Waals surface area contributed by atoms with Gasteiger partial charge in [-0.25, -0.2) is 9.59 Å². The normalized spacial score (nSPS) is 26.6. The van der Waals surface area contributed by atoms with Gasteiger partial charge in [0.05, 0.1) is 0 Å². The number of nitrogens with zero attached hydrogens (tertiary/aromatic N) is 1. The molecule has 108 valence electrons. The lowest BCUT2D eigenvalue weighted by molar-refractivity contribution is -0.144. The minimum absolute atomic E-state index is 0.0346. The van der Waals surface area contributed by atoms with Crippen molar-refractivity contribution in [2.45, 2.75) is 38.1 Å². The first-order valence-electron chi connectivity index (χ1n) is 6.88. The van der Waals surface area contributed by atoms with Crippen molar-refractivity contribution < 1.29 is 19.8 Å². The first-order chi connectivity index (χ1) is 8.97. The molecule has 1 saturated heterocycles. The molecule has 2 rings (SSSR count). The van der Waals surface area contributed by atoms with Crippen LogP contribution in [0.4, 0.5) is 4.79 Å². The molecule has 0 aromatic carbocycles. The van der Waals surface area contributed by atoms with Gasteiger partial charge in [-0.3, -0.25) is 0 Å². The van der Waals surface area contributed by atoms with Crippen LogP contribution < -0.4 is 5.32 Å². The lowest BCUT2D eigenvalue weighted by Gasteiger charge is -2.35. The minimum atomic E-state index is -1.16. The molecule has 2 atom stereocenters. The number of urea groups is 1. The van der Waals surface area contributed by atoms with Gasteiger partial charge in [-0.15, -0.1) is 0 Å². The number of rotatable bonds is 4. The largest absolute Gasteiger partial charge is 0.480 e. The number of aliphatic hydroxyl groups excluding tert-OH is 1. The summed E-state index contributed by atoms with van der Waals surface area (Å²) in [6.07, 6.45) is 3.47. The van der Waals surface area contributed by atoms with Crippen LogP contribution in [0.3, 0.4) is 0 Å². The number of amides is 2. The van der Waals surface area contributed by atoms with Crippen molar-refractivity contribution in [1.82, 2.24) is 10.2 Å². The highest BCUT2D eigenvalue weighted by atomic mass is 16.4. The van der Waals surface area contributed by atoms with E-state index in [1.807, 2.05) is 0 Å². The van der Waals surface area contributed by atoms with E-state index in [0.29, 0.717) is 13.1 Å². The van der Waals surface area contributed by atoms with Gasteiger partial charge in [-0.2, -0.15) is 0 Å². The number of carboxylic acid groups (broad SMARTS) is 1. The van der Waals surface area contributed by atoms with Crippen LogP contribution in [0, 0.1) is 11.8 Å². The highest BCUT2D eigenvalue weighted by Crippen LogP contribution is 2.39. The quantitative estimate of drug-likeness (QED) is 0.700. The molecule has 1 aliphatic carbocycles. The third-order valence-corrected chi connectivity index (χ3v) is 4.27. The zero-order valence-electron chi connectivity index (χ0n) is 11.3. The van der Waals surface area contributed by atoms with E-state index in [1.54, 1.807) is 11.8 Å². The number of carboxylic acids is 1. The van der Waals surface area contributed by atoms with E-state index in [9.17, 15) is 14.7 Å². The van der Waals surface area contributed by atoms with Crippen molar-refractivity contribution in [3.63, 3.8) is 0 Å². The Balaban J connectivity index is 1.97. The van der Waals surface area contributed by atoms with Crippen LogP contribution in [0.5, 0.6) is 0 Å². The molecular formula is C13H22N2O4. The van der Waals surface area contributed by atoms with Crippen LogP contribution in [-0.4, -0.2) is 52.3 Å². The van der Waals surface area contributed by atoms with Crippen molar-refractivity contribution in [1.29, 1.82) is 0 Å².